The average molecular weight is 500 g/mol. The van der Waals surface area contributed by atoms with Gasteiger partial charge in [-0.05, 0) is 48.4 Å². The van der Waals surface area contributed by atoms with Crippen LogP contribution in [-0.2, 0) is 14.4 Å². The number of nitrogens with one attached hydrogen (secondary N) is 1. The van der Waals surface area contributed by atoms with E-state index in [1.54, 1.807) is 21.9 Å². The van der Waals surface area contributed by atoms with Gasteiger partial charge in [0.25, 0.3) is 5.91 Å². The molecule has 198 valence electrons. The van der Waals surface area contributed by atoms with Crippen molar-refractivity contribution in [3.63, 3.8) is 0 Å². The number of Topliss-reactive ketones (excluding diaryl/α,β-unsaturated/α-hetero) is 1. The predicted octanol–water partition coefficient (Wildman–Crippen LogP) is 1.65. The number of hydrogen-bond acceptors (Lipinski definition) is 6. The Bertz CT molecular complexity index is 985. The van der Waals surface area contributed by atoms with Gasteiger partial charge >= 0.3 is 0 Å². The number of ketones is 1. The lowest BCUT2D eigenvalue weighted by Crippen LogP contribution is -2.52. The summed E-state index contributed by atoms with van der Waals surface area (Å²) in [5.74, 6) is -0.505. The molecule has 2 aliphatic heterocycles. The third-order valence-electron chi connectivity index (χ3n) is 7.32. The van der Waals surface area contributed by atoms with Crippen LogP contribution in [0.3, 0.4) is 0 Å². The molecule has 0 bridgehead atoms. The molecule has 2 aliphatic rings. The van der Waals surface area contributed by atoms with E-state index < -0.39 is 17.5 Å². The third kappa shape index (κ3) is 6.06. The summed E-state index contributed by atoms with van der Waals surface area (Å²) < 4.78 is 0. The van der Waals surface area contributed by atoms with Crippen molar-refractivity contribution < 1.29 is 19.2 Å². The molecule has 9 heteroatoms. The Kier molecular flexibility index (Phi) is 8.44. The summed E-state index contributed by atoms with van der Waals surface area (Å²) in [5.41, 5.74) is 7.38. The van der Waals surface area contributed by atoms with Crippen molar-refractivity contribution in [1.82, 2.24) is 15.1 Å². The highest BCUT2D eigenvalue weighted by Crippen LogP contribution is 2.32. The second-order valence-electron chi connectivity index (χ2n) is 11.5. The van der Waals surface area contributed by atoms with Crippen LogP contribution in [0.2, 0.25) is 0 Å². The molecule has 4 unspecified atom stereocenters. The SMILES string of the molecule is CC(CCNC(=O)c1ccc(N(C)C)cc1)CC(=O)N1CCC2C1C(=O)CN2C(=O)C(N)C(C)(C)C. The number of nitrogens with zero attached hydrogens (tertiary/aromatic N) is 3. The summed E-state index contributed by atoms with van der Waals surface area (Å²) in [4.78, 5) is 56.5. The third-order valence-corrected chi connectivity index (χ3v) is 7.32. The minimum Gasteiger partial charge on any atom is -0.378 e. The van der Waals surface area contributed by atoms with Crippen molar-refractivity contribution in [2.24, 2.45) is 17.1 Å². The van der Waals surface area contributed by atoms with Gasteiger partial charge in [-0.15, -0.1) is 0 Å². The number of benzene rings is 1. The van der Waals surface area contributed by atoms with Crippen LogP contribution in [0.4, 0.5) is 5.69 Å². The van der Waals surface area contributed by atoms with Crippen molar-refractivity contribution >= 4 is 29.2 Å². The minimum absolute atomic E-state index is 0.0127. The summed E-state index contributed by atoms with van der Waals surface area (Å²) in [7, 11) is 3.89. The number of amides is 3. The van der Waals surface area contributed by atoms with E-state index in [-0.39, 0.29) is 42.0 Å². The van der Waals surface area contributed by atoms with Crippen molar-refractivity contribution in [3.05, 3.63) is 29.8 Å². The van der Waals surface area contributed by atoms with Gasteiger partial charge in [0.05, 0.1) is 18.6 Å². The Hall–Kier alpha value is -2.94. The molecule has 36 heavy (non-hydrogen) atoms. The van der Waals surface area contributed by atoms with Gasteiger partial charge in [-0.25, -0.2) is 0 Å². The number of likely N-dealkylation sites (tertiary alicyclic amines) is 2. The number of nitrogens with two attached hydrogens (primary N) is 1. The normalized spacial score (nSPS) is 21.2. The first-order valence-electron chi connectivity index (χ1n) is 12.7. The van der Waals surface area contributed by atoms with Gasteiger partial charge in [0.15, 0.2) is 5.78 Å². The van der Waals surface area contributed by atoms with Gasteiger partial charge in [0.2, 0.25) is 11.8 Å². The molecular formula is C27H41N5O4. The standard InChI is InChI=1S/C27H41N5O4/c1-17(11-13-29-25(35)18-7-9-19(10-8-18)30(5)6)15-22(34)31-14-12-20-23(31)21(33)16-32(20)26(36)24(28)27(2,3)4/h7-10,17,20,23-24H,11-16,28H2,1-6H3,(H,29,35). The van der Waals surface area contributed by atoms with Gasteiger partial charge in [-0.1, -0.05) is 27.7 Å². The van der Waals surface area contributed by atoms with Gasteiger partial charge in [0.1, 0.15) is 6.04 Å². The number of hydrogen-bond donors (Lipinski definition) is 2. The summed E-state index contributed by atoms with van der Waals surface area (Å²) in [6, 6.07) is 5.81. The lowest BCUT2D eigenvalue weighted by molar-refractivity contribution is -0.137. The smallest absolute Gasteiger partial charge is 0.251 e. The molecule has 2 fully saturated rings. The second kappa shape index (κ2) is 11.0. The van der Waals surface area contributed by atoms with Crippen LogP contribution in [0.1, 0.15) is 57.3 Å². The second-order valence-corrected chi connectivity index (χ2v) is 11.5. The summed E-state index contributed by atoms with van der Waals surface area (Å²) in [5, 5.41) is 2.92. The van der Waals surface area contributed by atoms with Crippen molar-refractivity contribution in [3.8, 4) is 0 Å². The summed E-state index contributed by atoms with van der Waals surface area (Å²) in [6.07, 6.45) is 1.52. The number of fused-ring (bicyclic) bond motifs is 1. The molecule has 1 aromatic carbocycles. The van der Waals surface area contributed by atoms with E-state index in [4.69, 9.17) is 5.73 Å². The Morgan fingerprint density at radius 2 is 1.78 bits per heavy atom. The van der Waals surface area contributed by atoms with Gasteiger partial charge in [0, 0.05) is 44.9 Å². The molecule has 0 saturated carbocycles. The quantitative estimate of drug-likeness (QED) is 0.562. The fourth-order valence-electron chi connectivity index (χ4n) is 4.90. The minimum atomic E-state index is -0.699. The first-order valence-corrected chi connectivity index (χ1v) is 12.7. The van der Waals surface area contributed by atoms with Gasteiger partial charge in [-0.3, -0.25) is 19.2 Å². The van der Waals surface area contributed by atoms with E-state index in [0.29, 0.717) is 37.9 Å². The maximum absolute atomic E-state index is 13.1. The predicted molar refractivity (Wildman–Crippen MR) is 140 cm³/mol. The molecule has 0 aliphatic carbocycles. The van der Waals surface area contributed by atoms with E-state index in [0.717, 1.165) is 5.69 Å². The molecule has 4 atom stereocenters. The van der Waals surface area contributed by atoms with Crippen LogP contribution in [0.15, 0.2) is 24.3 Å². The van der Waals surface area contributed by atoms with Crippen molar-refractivity contribution in [2.45, 2.75) is 65.1 Å². The lowest BCUT2D eigenvalue weighted by Gasteiger charge is -2.32. The van der Waals surface area contributed by atoms with E-state index >= 15 is 0 Å². The molecule has 2 heterocycles. The van der Waals surface area contributed by atoms with E-state index in [1.807, 2.05) is 58.8 Å². The molecular weight excluding hydrogens is 458 g/mol. The number of carbonyl (C=O) groups excluding carboxylic acids is 4. The first-order chi connectivity index (χ1) is 16.8. The van der Waals surface area contributed by atoms with Crippen LogP contribution in [-0.4, -0.2) is 85.2 Å². The summed E-state index contributed by atoms with van der Waals surface area (Å²) in [6.45, 7) is 8.61. The molecule has 3 rings (SSSR count). The number of rotatable bonds is 8. The van der Waals surface area contributed by atoms with Crippen LogP contribution >= 0.6 is 0 Å². The maximum atomic E-state index is 13.1. The number of anilines is 1. The zero-order chi connectivity index (χ0) is 26.8. The zero-order valence-electron chi connectivity index (χ0n) is 22.4. The van der Waals surface area contributed by atoms with E-state index in [9.17, 15) is 19.2 Å². The van der Waals surface area contributed by atoms with Crippen molar-refractivity contribution in [1.29, 1.82) is 0 Å². The lowest BCUT2D eigenvalue weighted by atomic mass is 9.86. The average Bonchev–Trinajstić information content (AvgIpc) is 3.38. The van der Waals surface area contributed by atoms with Crippen LogP contribution in [0.25, 0.3) is 0 Å². The van der Waals surface area contributed by atoms with Crippen LogP contribution < -0.4 is 16.0 Å². The molecule has 9 nitrogen and oxygen atoms in total. The Balaban J connectivity index is 1.49. The fraction of sp³-hybridized carbons (Fsp3) is 0.630. The van der Waals surface area contributed by atoms with E-state index in [1.165, 1.54) is 0 Å². The zero-order valence-corrected chi connectivity index (χ0v) is 22.4. The summed E-state index contributed by atoms with van der Waals surface area (Å²) >= 11 is 0. The molecule has 3 amide bonds. The van der Waals surface area contributed by atoms with Crippen molar-refractivity contribution in [2.75, 3.05) is 38.6 Å². The molecule has 3 N–H and O–H groups in total. The molecule has 2 saturated heterocycles. The Labute approximate surface area is 214 Å². The topological polar surface area (TPSA) is 116 Å². The molecule has 0 radical (unpaired) electrons. The highest BCUT2D eigenvalue weighted by Gasteiger charge is 2.52. The maximum Gasteiger partial charge on any atom is 0.251 e. The highest BCUT2D eigenvalue weighted by atomic mass is 16.2. The monoisotopic (exact) mass is 499 g/mol. The Morgan fingerprint density at radius 3 is 2.36 bits per heavy atom. The van der Waals surface area contributed by atoms with Crippen LogP contribution in [0, 0.1) is 11.3 Å². The molecule has 0 spiro atoms. The molecule has 0 aromatic heterocycles. The van der Waals surface area contributed by atoms with Gasteiger partial charge < -0.3 is 25.8 Å². The first kappa shape index (κ1) is 27.6. The Morgan fingerprint density at radius 1 is 1.14 bits per heavy atom. The fourth-order valence-corrected chi connectivity index (χ4v) is 4.90. The highest BCUT2D eigenvalue weighted by molar-refractivity contribution is 5.98. The largest absolute Gasteiger partial charge is 0.378 e. The van der Waals surface area contributed by atoms with Gasteiger partial charge in [-0.2, -0.15) is 0 Å². The van der Waals surface area contributed by atoms with Crippen LogP contribution in [0.5, 0.6) is 0 Å². The number of carbonyl (C=O) groups is 4. The van der Waals surface area contributed by atoms with E-state index in [2.05, 4.69) is 5.32 Å². The molecule has 1 aromatic rings.